The number of hydrogen-bond acceptors (Lipinski definition) is 10. The van der Waals surface area contributed by atoms with Crippen molar-refractivity contribution in [3.05, 3.63) is 59.2 Å². The van der Waals surface area contributed by atoms with Crippen LogP contribution in [0.25, 0.3) is 10.9 Å². The summed E-state index contributed by atoms with van der Waals surface area (Å²) in [7, 11) is 11.9. The summed E-state index contributed by atoms with van der Waals surface area (Å²) in [4.78, 5) is 14.4. The van der Waals surface area contributed by atoms with Gasteiger partial charge in [0.25, 0.3) is 0 Å². The zero-order valence-corrected chi connectivity index (χ0v) is 26.5. The van der Waals surface area contributed by atoms with Crippen molar-refractivity contribution in [3.8, 4) is 34.5 Å². The molecule has 0 unspecified atom stereocenters. The summed E-state index contributed by atoms with van der Waals surface area (Å²) >= 11 is 0. The molecule has 5 rings (SSSR count). The highest BCUT2D eigenvalue weighted by Gasteiger charge is 2.24. The predicted molar refractivity (Wildman–Crippen MR) is 171 cm³/mol. The third-order valence-electron chi connectivity index (χ3n) is 7.71. The van der Waals surface area contributed by atoms with Crippen LogP contribution in [0.15, 0.2) is 42.5 Å². The molecule has 0 saturated carbocycles. The Labute approximate surface area is 258 Å². The van der Waals surface area contributed by atoms with Crippen molar-refractivity contribution < 1.29 is 28.4 Å². The monoisotopic (exact) mass is 610 g/mol. The Hall–Kier alpha value is -4.31. The molecule has 0 aliphatic carbocycles. The Morgan fingerprint density at radius 3 is 1.93 bits per heavy atom. The zero-order chi connectivity index (χ0) is 29.8. The van der Waals surface area contributed by atoms with E-state index in [1.807, 2.05) is 37.4 Å². The first-order valence-electron chi connectivity index (χ1n) is 13.8. The molecule has 11 heteroatoms. The Morgan fingerprint density at radius 1 is 0.698 bits per heavy atom. The van der Waals surface area contributed by atoms with Crippen LogP contribution in [0, 0.1) is 0 Å². The topological polar surface area (TPSA) is 87.6 Å². The summed E-state index contributed by atoms with van der Waals surface area (Å²) < 4.78 is 33.2. The predicted octanol–water partition coefficient (Wildman–Crippen LogP) is 5.34. The Morgan fingerprint density at radius 2 is 1.28 bits per heavy atom. The summed E-state index contributed by atoms with van der Waals surface area (Å²) in [6, 6.07) is 14.0. The molecule has 0 atom stereocenters. The molecule has 3 aromatic carbocycles. The number of aromatic nitrogens is 2. The standard InChI is InChI=1S/C32H38N4O6.ClH/c1-35(12-10-20-8-9-25(37-2)26(14-20)38-3)32-33-24-18-30(42-7)29(41-6)17-23(24)31(34-32)36-13-11-21-15-27(39-4)28(40-5)16-22(21)19-36;/h8-9,14-18H,10-13,19H2,1-7H3;1H. The molecule has 230 valence electrons. The lowest BCUT2D eigenvalue weighted by Crippen LogP contribution is -2.32. The van der Waals surface area contributed by atoms with Gasteiger partial charge in [0.2, 0.25) is 5.95 Å². The van der Waals surface area contributed by atoms with Gasteiger partial charge in [0, 0.05) is 38.1 Å². The number of methoxy groups -OCH3 is 6. The van der Waals surface area contributed by atoms with Gasteiger partial charge in [-0.3, -0.25) is 0 Å². The number of halogens is 1. The van der Waals surface area contributed by atoms with Gasteiger partial charge >= 0.3 is 0 Å². The van der Waals surface area contributed by atoms with Gasteiger partial charge in [-0.2, -0.15) is 4.98 Å². The van der Waals surface area contributed by atoms with E-state index < -0.39 is 0 Å². The van der Waals surface area contributed by atoms with Gasteiger partial charge in [-0.1, -0.05) is 6.07 Å². The number of anilines is 2. The van der Waals surface area contributed by atoms with E-state index in [9.17, 15) is 0 Å². The summed E-state index contributed by atoms with van der Waals surface area (Å²) in [5.41, 5.74) is 4.33. The van der Waals surface area contributed by atoms with Crippen LogP contribution in [-0.4, -0.2) is 72.8 Å². The van der Waals surface area contributed by atoms with Crippen LogP contribution in [0.1, 0.15) is 16.7 Å². The number of benzene rings is 3. The van der Waals surface area contributed by atoms with E-state index in [0.29, 0.717) is 47.8 Å². The number of nitrogens with zero attached hydrogens (tertiary/aromatic N) is 4. The van der Waals surface area contributed by atoms with Crippen LogP contribution < -0.4 is 38.2 Å². The van der Waals surface area contributed by atoms with E-state index in [4.69, 9.17) is 38.4 Å². The quantitative estimate of drug-likeness (QED) is 0.222. The van der Waals surface area contributed by atoms with Crippen LogP contribution >= 0.6 is 12.4 Å². The molecule has 0 spiro atoms. The molecule has 10 nitrogen and oxygen atoms in total. The average Bonchev–Trinajstić information content (AvgIpc) is 3.04. The van der Waals surface area contributed by atoms with Gasteiger partial charge < -0.3 is 38.2 Å². The lowest BCUT2D eigenvalue weighted by Gasteiger charge is -2.32. The van der Waals surface area contributed by atoms with Crippen molar-refractivity contribution in [2.45, 2.75) is 19.4 Å². The van der Waals surface area contributed by atoms with E-state index in [1.54, 1.807) is 42.7 Å². The number of ether oxygens (including phenoxy) is 6. The largest absolute Gasteiger partial charge is 0.493 e. The number of likely N-dealkylation sites (N-methyl/N-ethyl adjacent to an activating group) is 1. The first-order valence-corrected chi connectivity index (χ1v) is 13.8. The van der Waals surface area contributed by atoms with Crippen molar-refractivity contribution in [2.24, 2.45) is 0 Å². The highest BCUT2D eigenvalue weighted by atomic mass is 35.5. The van der Waals surface area contributed by atoms with Gasteiger partial charge in [-0.25, -0.2) is 4.98 Å². The minimum atomic E-state index is 0. The van der Waals surface area contributed by atoms with Crippen LogP contribution in [0.3, 0.4) is 0 Å². The maximum atomic E-state index is 5.64. The van der Waals surface area contributed by atoms with E-state index in [2.05, 4.69) is 21.9 Å². The molecule has 0 amide bonds. The van der Waals surface area contributed by atoms with Crippen molar-refractivity contribution in [3.63, 3.8) is 0 Å². The van der Waals surface area contributed by atoms with Gasteiger partial charge in [-0.05, 0) is 59.9 Å². The van der Waals surface area contributed by atoms with Crippen molar-refractivity contribution in [2.75, 3.05) is 72.6 Å². The highest BCUT2D eigenvalue weighted by Crippen LogP contribution is 2.39. The molecular weight excluding hydrogens is 572 g/mol. The molecule has 1 aliphatic rings. The number of hydrogen-bond donors (Lipinski definition) is 0. The second kappa shape index (κ2) is 13.8. The van der Waals surface area contributed by atoms with Crippen LogP contribution in [0.4, 0.5) is 11.8 Å². The van der Waals surface area contributed by atoms with Crippen molar-refractivity contribution >= 4 is 35.1 Å². The number of rotatable bonds is 11. The van der Waals surface area contributed by atoms with Gasteiger partial charge in [-0.15, -0.1) is 12.4 Å². The van der Waals surface area contributed by atoms with Crippen LogP contribution in [0.5, 0.6) is 34.5 Å². The third kappa shape index (κ3) is 6.39. The molecule has 1 aromatic heterocycles. The fraction of sp³-hybridized carbons (Fsp3) is 0.375. The van der Waals surface area contributed by atoms with Crippen LogP contribution in [-0.2, 0) is 19.4 Å². The number of fused-ring (bicyclic) bond motifs is 2. The lowest BCUT2D eigenvalue weighted by molar-refractivity contribution is 0.353. The van der Waals surface area contributed by atoms with Crippen molar-refractivity contribution in [1.82, 2.24) is 9.97 Å². The molecule has 0 bridgehead atoms. The second-order valence-electron chi connectivity index (χ2n) is 10.1. The molecular formula is C32H39ClN4O6. The zero-order valence-electron chi connectivity index (χ0n) is 25.7. The normalized spacial score (nSPS) is 12.2. The van der Waals surface area contributed by atoms with Gasteiger partial charge in [0.1, 0.15) is 5.82 Å². The molecule has 1 aliphatic heterocycles. The molecule has 0 N–H and O–H groups in total. The maximum absolute atomic E-state index is 5.64. The van der Waals surface area contributed by atoms with E-state index in [-0.39, 0.29) is 12.4 Å². The molecule has 43 heavy (non-hydrogen) atoms. The van der Waals surface area contributed by atoms with E-state index >= 15 is 0 Å². The molecule has 0 saturated heterocycles. The first-order chi connectivity index (χ1) is 20.4. The molecule has 0 radical (unpaired) electrons. The Kier molecular flexibility index (Phi) is 10.1. The SMILES string of the molecule is COc1ccc(CCN(C)c2nc(N3CCc4cc(OC)c(OC)cc4C3)c3cc(OC)c(OC)cc3n2)cc1OC.Cl. The van der Waals surface area contributed by atoms with Gasteiger partial charge in [0.05, 0.1) is 48.2 Å². The molecule has 4 aromatic rings. The Bertz CT molecular complexity index is 1580. The fourth-order valence-corrected chi connectivity index (χ4v) is 5.34. The lowest BCUT2D eigenvalue weighted by atomic mass is 9.98. The minimum Gasteiger partial charge on any atom is -0.493 e. The minimum absolute atomic E-state index is 0. The van der Waals surface area contributed by atoms with Gasteiger partial charge in [0.15, 0.2) is 34.5 Å². The third-order valence-corrected chi connectivity index (χ3v) is 7.71. The fourth-order valence-electron chi connectivity index (χ4n) is 5.34. The summed E-state index contributed by atoms with van der Waals surface area (Å²) in [5.74, 6) is 5.60. The van der Waals surface area contributed by atoms with E-state index in [0.717, 1.165) is 47.4 Å². The molecule has 2 heterocycles. The highest BCUT2D eigenvalue weighted by molar-refractivity contribution is 5.93. The maximum Gasteiger partial charge on any atom is 0.227 e. The van der Waals surface area contributed by atoms with Crippen molar-refractivity contribution in [1.29, 1.82) is 0 Å². The Balaban J connectivity index is 0.00000423. The van der Waals surface area contributed by atoms with Crippen LogP contribution in [0.2, 0.25) is 0 Å². The summed E-state index contributed by atoms with van der Waals surface area (Å²) in [5, 5.41) is 0.897. The average molecular weight is 611 g/mol. The summed E-state index contributed by atoms with van der Waals surface area (Å²) in [6.07, 6.45) is 1.62. The van der Waals surface area contributed by atoms with E-state index in [1.165, 1.54) is 11.1 Å². The summed E-state index contributed by atoms with van der Waals surface area (Å²) in [6.45, 7) is 2.16. The smallest absolute Gasteiger partial charge is 0.227 e. The molecule has 0 fully saturated rings. The first kappa shape index (κ1) is 31.6. The second-order valence-corrected chi connectivity index (χ2v) is 10.1.